The van der Waals surface area contributed by atoms with Gasteiger partial charge in [-0.3, -0.25) is 4.79 Å². The Morgan fingerprint density at radius 1 is 1.75 bits per heavy atom. The van der Waals surface area contributed by atoms with Gasteiger partial charge < -0.3 is 16.4 Å². The number of hydrogen-bond donors (Lipinski definition) is 3. The topological polar surface area (TPSA) is 67.1 Å². The lowest BCUT2D eigenvalue weighted by atomic mass is 10.3. The average molecular weight is 189 g/mol. The maximum absolute atomic E-state index is 11.3. The van der Waals surface area contributed by atoms with Crippen LogP contribution in [0.4, 0.5) is 0 Å². The van der Waals surface area contributed by atoms with E-state index in [9.17, 15) is 4.79 Å². The highest BCUT2D eigenvalue weighted by molar-refractivity contribution is 7.99. The third-order valence-electron chi connectivity index (χ3n) is 1.68. The van der Waals surface area contributed by atoms with E-state index < -0.39 is 0 Å². The van der Waals surface area contributed by atoms with Crippen molar-refractivity contribution in [3.63, 3.8) is 0 Å². The summed E-state index contributed by atoms with van der Waals surface area (Å²) in [5.74, 6) is 2.05. The van der Waals surface area contributed by atoms with E-state index in [2.05, 4.69) is 10.6 Å². The van der Waals surface area contributed by atoms with Gasteiger partial charge in [-0.1, -0.05) is 0 Å². The monoisotopic (exact) mass is 189 g/mol. The quantitative estimate of drug-likeness (QED) is 0.520. The minimum Gasteiger partial charge on any atom is -0.353 e. The largest absolute Gasteiger partial charge is 0.353 e. The van der Waals surface area contributed by atoms with Gasteiger partial charge in [-0.2, -0.15) is 11.8 Å². The van der Waals surface area contributed by atoms with Gasteiger partial charge in [0, 0.05) is 31.1 Å². The van der Waals surface area contributed by atoms with Crippen LogP contribution in [0.3, 0.4) is 0 Å². The minimum atomic E-state index is -0.0182. The van der Waals surface area contributed by atoms with Crippen LogP contribution in [-0.2, 0) is 4.79 Å². The van der Waals surface area contributed by atoms with Crippen LogP contribution in [0.5, 0.6) is 0 Å². The number of carbonyl (C=O) groups excluding carboxylic acids is 1. The van der Waals surface area contributed by atoms with E-state index >= 15 is 0 Å². The number of amides is 1. The van der Waals surface area contributed by atoms with Crippen molar-refractivity contribution in [2.24, 2.45) is 5.73 Å². The zero-order valence-corrected chi connectivity index (χ0v) is 7.82. The van der Waals surface area contributed by atoms with Crippen LogP contribution in [0, 0.1) is 0 Å². The van der Waals surface area contributed by atoms with Crippen molar-refractivity contribution < 1.29 is 4.79 Å². The first-order chi connectivity index (χ1) is 5.84. The molecule has 70 valence electrons. The third kappa shape index (κ3) is 3.00. The Kier molecular flexibility index (Phi) is 4.42. The molecule has 1 unspecified atom stereocenters. The van der Waals surface area contributed by atoms with E-state index in [-0.39, 0.29) is 11.9 Å². The third-order valence-corrected chi connectivity index (χ3v) is 2.74. The molecule has 4 nitrogen and oxygen atoms in total. The van der Waals surface area contributed by atoms with Gasteiger partial charge in [0.05, 0.1) is 6.04 Å². The standard InChI is InChI=1S/C7H15N3OS/c8-1-2-10-7(11)6-5-12-4-3-9-6/h6,9H,1-5,8H2,(H,10,11). The summed E-state index contributed by atoms with van der Waals surface area (Å²) in [5.41, 5.74) is 5.27. The lowest BCUT2D eigenvalue weighted by molar-refractivity contribution is -0.122. The SMILES string of the molecule is NCCNC(=O)C1CSCCN1. The Hall–Kier alpha value is -0.260. The summed E-state index contributed by atoms with van der Waals surface area (Å²) in [5, 5.41) is 5.92. The van der Waals surface area contributed by atoms with Crippen LogP contribution in [-0.4, -0.2) is 43.1 Å². The van der Waals surface area contributed by atoms with Crippen molar-refractivity contribution in [2.45, 2.75) is 6.04 Å². The summed E-state index contributed by atoms with van der Waals surface area (Å²) in [6.45, 7) is 2.00. The van der Waals surface area contributed by atoms with Gasteiger partial charge in [-0.15, -0.1) is 0 Å². The molecule has 0 bridgehead atoms. The maximum atomic E-state index is 11.3. The van der Waals surface area contributed by atoms with Crippen molar-refractivity contribution in [3.05, 3.63) is 0 Å². The summed E-state index contributed by atoms with van der Waals surface area (Å²) in [7, 11) is 0. The molecule has 0 aromatic rings. The number of hydrogen-bond acceptors (Lipinski definition) is 4. The molecule has 1 aliphatic rings. The van der Waals surface area contributed by atoms with Crippen molar-refractivity contribution in [1.82, 2.24) is 10.6 Å². The number of nitrogens with two attached hydrogens (primary N) is 1. The molecular formula is C7H15N3OS. The van der Waals surface area contributed by atoms with Crippen LogP contribution in [0.2, 0.25) is 0 Å². The fourth-order valence-corrected chi connectivity index (χ4v) is 1.99. The van der Waals surface area contributed by atoms with Gasteiger partial charge in [0.1, 0.15) is 0 Å². The Labute approximate surface area is 76.6 Å². The molecular weight excluding hydrogens is 174 g/mol. The predicted molar refractivity (Wildman–Crippen MR) is 51.2 cm³/mol. The van der Waals surface area contributed by atoms with Crippen LogP contribution >= 0.6 is 11.8 Å². The highest BCUT2D eigenvalue weighted by Crippen LogP contribution is 2.06. The normalized spacial score (nSPS) is 23.6. The second kappa shape index (κ2) is 5.40. The van der Waals surface area contributed by atoms with Crippen molar-refractivity contribution >= 4 is 17.7 Å². The second-order valence-corrected chi connectivity index (χ2v) is 3.81. The maximum Gasteiger partial charge on any atom is 0.238 e. The Morgan fingerprint density at radius 3 is 3.17 bits per heavy atom. The number of nitrogens with one attached hydrogen (secondary N) is 2. The van der Waals surface area contributed by atoms with E-state index in [0.717, 1.165) is 18.1 Å². The summed E-state index contributed by atoms with van der Waals surface area (Å²) < 4.78 is 0. The molecule has 1 fully saturated rings. The van der Waals surface area contributed by atoms with Gasteiger partial charge in [0.2, 0.25) is 5.91 Å². The van der Waals surface area contributed by atoms with Gasteiger partial charge in [-0.25, -0.2) is 0 Å². The fourth-order valence-electron chi connectivity index (χ4n) is 1.05. The molecule has 0 aromatic carbocycles. The van der Waals surface area contributed by atoms with E-state index in [1.807, 2.05) is 11.8 Å². The lowest BCUT2D eigenvalue weighted by Gasteiger charge is -2.21. The summed E-state index contributed by atoms with van der Waals surface area (Å²) in [4.78, 5) is 11.3. The first kappa shape index (κ1) is 9.83. The van der Waals surface area contributed by atoms with Gasteiger partial charge in [0.25, 0.3) is 0 Å². The highest BCUT2D eigenvalue weighted by Gasteiger charge is 2.19. The van der Waals surface area contributed by atoms with Crippen molar-refractivity contribution in [2.75, 3.05) is 31.1 Å². The number of thioether (sulfide) groups is 1. The molecule has 1 amide bonds. The number of carbonyl (C=O) groups is 1. The minimum absolute atomic E-state index is 0.0182. The Morgan fingerprint density at radius 2 is 2.58 bits per heavy atom. The predicted octanol–water partition coefficient (Wildman–Crippen LogP) is -1.23. The molecule has 4 N–H and O–H groups in total. The zero-order chi connectivity index (χ0) is 8.81. The molecule has 1 heterocycles. The van der Waals surface area contributed by atoms with Crippen molar-refractivity contribution in [3.8, 4) is 0 Å². The highest BCUT2D eigenvalue weighted by atomic mass is 32.2. The summed E-state index contributed by atoms with van der Waals surface area (Å²) >= 11 is 1.81. The Balaban J connectivity index is 2.20. The molecule has 1 rings (SSSR count). The molecule has 12 heavy (non-hydrogen) atoms. The zero-order valence-electron chi connectivity index (χ0n) is 7.01. The van der Waals surface area contributed by atoms with Crippen LogP contribution in [0.25, 0.3) is 0 Å². The molecule has 0 aromatic heterocycles. The molecule has 0 radical (unpaired) electrons. The van der Waals surface area contributed by atoms with Gasteiger partial charge in [-0.05, 0) is 0 Å². The van der Waals surface area contributed by atoms with Gasteiger partial charge in [0.15, 0.2) is 0 Å². The second-order valence-electron chi connectivity index (χ2n) is 2.66. The van der Waals surface area contributed by atoms with Crippen molar-refractivity contribution in [1.29, 1.82) is 0 Å². The van der Waals surface area contributed by atoms with Gasteiger partial charge >= 0.3 is 0 Å². The molecule has 0 spiro atoms. The number of rotatable bonds is 3. The molecule has 1 atom stereocenters. The molecule has 0 aliphatic carbocycles. The molecule has 1 aliphatic heterocycles. The van der Waals surface area contributed by atoms with Crippen LogP contribution in [0.1, 0.15) is 0 Å². The van der Waals surface area contributed by atoms with E-state index in [1.54, 1.807) is 0 Å². The molecule has 1 saturated heterocycles. The molecule has 0 saturated carbocycles. The smallest absolute Gasteiger partial charge is 0.238 e. The first-order valence-electron chi connectivity index (χ1n) is 4.13. The first-order valence-corrected chi connectivity index (χ1v) is 5.29. The average Bonchev–Trinajstić information content (AvgIpc) is 2.15. The van der Waals surface area contributed by atoms with E-state index in [0.29, 0.717) is 13.1 Å². The van der Waals surface area contributed by atoms with Crippen LogP contribution in [0.15, 0.2) is 0 Å². The van der Waals surface area contributed by atoms with Crippen LogP contribution < -0.4 is 16.4 Å². The summed E-state index contributed by atoms with van der Waals surface area (Å²) in [6, 6.07) is -0.0182. The fraction of sp³-hybridized carbons (Fsp3) is 0.857. The molecule has 5 heteroatoms. The lowest BCUT2D eigenvalue weighted by Crippen LogP contribution is -2.49. The Bertz CT molecular complexity index is 148. The summed E-state index contributed by atoms with van der Waals surface area (Å²) in [6.07, 6.45) is 0. The van der Waals surface area contributed by atoms with E-state index in [1.165, 1.54) is 0 Å². The van der Waals surface area contributed by atoms with E-state index in [4.69, 9.17) is 5.73 Å².